The van der Waals surface area contributed by atoms with Gasteiger partial charge in [0.1, 0.15) is 0 Å². The molecule has 0 radical (unpaired) electrons. The Morgan fingerprint density at radius 3 is 2.70 bits per heavy atom. The number of likely N-dealkylation sites (tertiary alicyclic amines) is 1. The quantitative estimate of drug-likeness (QED) is 0.850. The first kappa shape index (κ1) is 15.1. The van der Waals surface area contributed by atoms with Gasteiger partial charge in [0.25, 0.3) is 0 Å². The van der Waals surface area contributed by atoms with Crippen molar-refractivity contribution in [2.75, 3.05) is 32.8 Å². The second-order valence-electron chi connectivity index (χ2n) is 5.92. The fraction of sp³-hybridized carbons (Fsp3) is 0.857. The first-order chi connectivity index (χ1) is 9.48. The maximum absolute atomic E-state index is 12.5. The molecule has 2 saturated heterocycles. The zero-order valence-corrected chi connectivity index (χ0v) is 12.3. The van der Waals surface area contributed by atoms with Crippen LogP contribution in [0.15, 0.2) is 0 Å². The summed E-state index contributed by atoms with van der Waals surface area (Å²) in [6.07, 6.45) is 2.06. The first-order valence-electron chi connectivity index (χ1n) is 7.37. The van der Waals surface area contributed by atoms with E-state index in [2.05, 4.69) is 0 Å². The molecule has 2 fully saturated rings. The number of carbonyl (C=O) groups is 2. The minimum absolute atomic E-state index is 0.0422. The largest absolute Gasteiger partial charge is 0.481 e. The number of hydrogen-bond acceptors (Lipinski definition) is 3. The minimum Gasteiger partial charge on any atom is -0.481 e. The van der Waals surface area contributed by atoms with Crippen molar-refractivity contribution < 1.29 is 19.4 Å². The first-order valence-corrected chi connectivity index (χ1v) is 7.37. The molecule has 0 aromatic carbocycles. The molecule has 2 amide bonds. The van der Waals surface area contributed by atoms with Crippen molar-refractivity contribution >= 4 is 12.0 Å². The van der Waals surface area contributed by atoms with Gasteiger partial charge in [-0.3, -0.25) is 4.79 Å². The summed E-state index contributed by atoms with van der Waals surface area (Å²) in [4.78, 5) is 27.5. The van der Waals surface area contributed by atoms with Gasteiger partial charge in [-0.1, -0.05) is 13.3 Å². The van der Waals surface area contributed by atoms with E-state index in [0.717, 1.165) is 6.42 Å². The standard InChI is InChI=1S/C14H24N2O4/c1-3-4-14(12(17)18)5-6-16(10-14)13(19)15-7-8-20-11(2)9-15/h11H,3-10H2,1-2H3,(H,17,18). The lowest BCUT2D eigenvalue weighted by Crippen LogP contribution is -2.50. The van der Waals surface area contributed by atoms with E-state index in [0.29, 0.717) is 45.6 Å². The Kier molecular flexibility index (Phi) is 4.52. The van der Waals surface area contributed by atoms with Gasteiger partial charge in [-0.05, 0) is 19.8 Å². The smallest absolute Gasteiger partial charge is 0.320 e. The highest BCUT2D eigenvalue weighted by molar-refractivity contribution is 5.80. The number of morpholine rings is 1. The third-order valence-electron chi connectivity index (χ3n) is 4.32. The molecule has 0 aliphatic carbocycles. The van der Waals surface area contributed by atoms with Crippen LogP contribution in [0.4, 0.5) is 4.79 Å². The Hall–Kier alpha value is -1.30. The van der Waals surface area contributed by atoms with Crippen molar-refractivity contribution in [1.29, 1.82) is 0 Å². The van der Waals surface area contributed by atoms with Gasteiger partial charge in [0.15, 0.2) is 0 Å². The van der Waals surface area contributed by atoms with Crippen LogP contribution in [0.1, 0.15) is 33.1 Å². The Balaban J connectivity index is 2.00. The van der Waals surface area contributed by atoms with E-state index in [1.807, 2.05) is 13.8 Å². The number of ether oxygens (including phenoxy) is 1. The van der Waals surface area contributed by atoms with Crippen molar-refractivity contribution in [3.63, 3.8) is 0 Å². The summed E-state index contributed by atoms with van der Waals surface area (Å²) in [6.45, 7) is 6.54. The highest BCUT2D eigenvalue weighted by Crippen LogP contribution is 2.36. The van der Waals surface area contributed by atoms with Gasteiger partial charge >= 0.3 is 12.0 Å². The van der Waals surface area contributed by atoms with E-state index in [-0.39, 0.29) is 12.1 Å². The molecule has 1 N–H and O–H groups in total. The Labute approximate surface area is 119 Å². The number of rotatable bonds is 3. The zero-order valence-electron chi connectivity index (χ0n) is 12.3. The number of carboxylic acids is 1. The van der Waals surface area contributed by atoms with Crippen LogP contribution in [0.3, 0.4) is 0 Å². The number of urea groups is 1. The highest BCUT2D eigenvalue weighted by atomic mass is 16.5. The number of carboxylic acid groups (broad SMARTS) is 1. The molecule has 0 bridgehead atoms. The molecule has 20 heavy (non-hydrogen) atoms. The van der Waals surface area contributed by atoms with Crippen molar-refractivity contribution in [3.8, 4) is 0 Å². The second-order valence-corrected chi connectivity index (χ2v) is 5.92. The van der Waals surface area contributed by atoms with Gasteiger partial charge in [0.05, 0.1) is 18.1 Å². The molecule has 0 aromatic heterocycles. The predicted octanol–water partition coefficient (Wildman–Crippen LogP) is 1.40. The van der Waals surface area contributed by atoms with Crippen LogP contribution in [0, 0.1) is 5.41 Å². The van der Waals surface area contributed by atoms with Crippen molar-refractivity contribution in [2.45, 2.75) is 39.2 Å². The third kappa shape index (κ3) is 2.90. The summed E-state index contributed by atoms with van der Waals surface area (Å²) in [5, 5.41) is 9.48. The van der Waals surface area contributed by atoms with Crippen LogP contribution < -0.4 is 0 Å². The lowest BCUT2D eigenvalue weighted by molar-refractivity contribution is -0.148. The van der Waals surface area contributed by atoms with E-state index in [4.69, 9.17) is 4.74 Å². The Bertz CT molecular complexity index is 387. The maximum atomic E-state index is 12.5. The number of nitrogens with zero attached hydrogens (tertiary/aromatic N) is 2. The van der Waals surface area contributed by atoms with Crippen LogP contribution in [0.25, 0.3) is 0 Å². The number of hydrogen-bond donors (Lipinski definition) is 1. The molecule has 0 saturated carbocycles. The van der Waals surface area contributed by atoms with Crippen LogP contribution in [0.2, 0.25) is 0 Å². The SMILES string of the molecule is CCCC1(C(=O)O)CCN(C(=O)N2CCOC(C)C2)C1. The summed E-state index contributed by atoms with van der Waals surface area (Å²) in [5.41, 5.74) is -0.748. The van der Waals surface area contributed by atoms with Gasteiger partial charge in [-0.15, -0.1) is 0 Å². The molecule has 2 aliphatic heterocycles. The molecular formula is C14H24N2O4. The van der Waals surface area contributed by atoms with E-state index in [9.17, 15) is 14.7 Å². The lowest BCUT2D eigenvalue weighted by Gasteiger charge is -2.34. The van der Waals surface area contributed by atoms with E-state index in [1.165, 1.54) is 0 Å². The summed E-state index contributed by atoms with van der Waals surface area (Å²) < 4.78 is 5.43. The molecule has 2 unspecified atom stereocenters. The van der Waals surface area contributed by atoms with E-state index < -0.39 is 11.4 Å². The average molecular weight is 284 g/mol. The number of aliphatic carboxylic acids is 1. The minimum atomic E-state index is -0.773. The summed E-state index contributed by atoms with van der Waals surface area (Å²) in [5.74, 6) is -0.773. The average Bonchev–Trinajstić information content (AvgIpc) is 2.84. The monoisotopic (exact) mass is 284 g/mol. The molecule has 114 valence electrons. The lowest BCUT2D eigenvalue weighted by atomic mass is 9.83. The topological polar surface area (TPSA) is 70.1 Å². The molecule has 0 spiro atoms. The molecule has 6 nitrogen and oxygen atoms in total. The van der Waals surface area contributed by atoms with E-state index in [1.54, 1.807) is 9.80 Å². The molecule has 2 aliphatic rings. The third-order valence-corrected chi connectivity index (χ3v) is 4.32. The van der Waals surface area contributed by atoms with Gasteiger partial charge < -0.3 is 19.6 Å². The Morgan fingerprint density at radius 2 is 2.10 bits per heavy atom. The second kappa shape index (κ2) is 5.99. The number of carbonyl (C=O) groups excluding carboxylic acids is 1. The molecule has 0 aromatic rings. The zero-order chi connectivity index (χ0) is 14.8. The Morgan fingerprint density at radius 1 is 1.35 bits per heavy atom. The summed E-state index contributed by atoms with van der Waals surface area (Å²) in [6, 6.07) is -0.0422. The summed E-state index contributed by atoms with van der Waals surface area (Å²) >= 11 is 0. The van der Waals surface area contributed by atoms with Gasteiger partial charge in [-0.2, -0.15) is 0 Å². The molecule has 6 heteroatoms. The predicted molar refractivity (Wildman–Crippen MR) is 73.5 cm³/mol. The van der Waals surface area contributed by atoms with Crippen molar-refractivity contribution in [3.05, 3.63) is 0 Å². The van der Waals surface area contributed by atoms with Crippen molar-refractivity contribution in [1.82, 2.24) is 9.80 Å². The highest BCUT2D eigenvalue weighted by Gasteiger charge is 2.46. The molecule has 2 atom stereocenters. The molecule has 2 heterocycles. The summed E-state index contributed by atoms with van der Waals surface area (Å²) in [7, 11) is 0. The number of amides is 2. The van der Waals surface area contributed by atoms with Gasteiger partial charge in [-0.25, -0.2) is 4.79 Å². The molecular weight excluding hydrogens is 260 g/mol. The van der Waals surface area contributed by atoms with Crippen LogP contribution in [-0.2, 0) is 9.53 Å². The van der Waals surface area contributed by atoms with Gasteiger partial charge in [0, 0.05) is 26.2 Å². The van der Waals surface area contributed by atoms with E-state index >= 15 is 0 Å². The fourth-order valence-corrected chi connectivity index (χ4v) is 3.19. The van der Waals surface area contributed by atoms with Gasteiger partial charge in [0.2, 0.25) is 0 Å². The normalized spacial score (nSPS) is 30.6. The van der Waals surface area contributed by atoms with Crippen LogP contribution in [0.5, 0.6) is 0 Å². The van der Waals surface area contributed by atoms with Crippen LogP contribution in [-0.4, -0.2) is 65.8 Å². The van der Waals surface area contributed by atoms with Crippen molar-refractivity contribution in [2.24, 2.45) is 5.41 Å². The van der Waals surface area contributed by atoms with Crippen LogP contribution >= 0.6 is 0 Å². The maximum Gasteiger partial charge on any atom is 0.320 e. The fourth-order valence-electron chi connectivity index (χ4n) is 3.19. The molecule has 2 rings (SSSR count).